The molecular weight excluding hydrogens is 459 g/mol. The number of carboxylic acid groups (broad SMARTS) is 1. The highest BCUT2D eigenvalue weighted by molar-refractivity contribution is 6.22. The van der Waals surface area contributed by atoms with Crippen molar-refractivity contribution in [3.63, 3.8) is 0 Å². The summed E-state index contributed by atoms with van der Waals surface area (Å²) in [5.41, 5.74) is 4.48. The number of aromatic nitrogens is 3. The minimum atomic E-state index is -0.876. The van der Waals surface area contributed by atoms with Crippen LogP contribution in [-0.4, -0.2) is 36.4 Å². The highest BCUT2D eigenvalue weighted by Gasteiger charge is 2.19. The molecular formula is C28H23FN4O3. The largest absolute Gasteiger partial charge is 0.494 e. The van der Waals surface area contributed by atoms with Crippen LogP contribution in [0.4, 0.5) is 10.1 Å². The lowest BCUT2D eigenvalue weighted by atomic mass is 9.97. The van der Waals surface area contributed by atoms with Crippen molar-refractivity contribution >= 4 is 28.3 Å². The van der Waals surface area contributed by atoms with E-state index in [9.17, 15) is 14.3 Å². The fourth-order valence-corrected chi connectivity index (χ4v) is 4.24. The number of carbonyl (C=O) groups is 1. The molecule has 0 saturated carbocycles. The van der Waals surface area contributed by atoms with E-state index >= 15 is 0 Å². The van der Waals surface area contributed by atoms with E-state index in [4.69, 9.17) is 10.1 Å². The van der Waals surface area contributed by atoms with Gasteiger partial charge in [0.2, 0.25) is 0 Å². The summed E-state index contributed by atoms with van der Waals surface area (Å²) in [7, 11) is 1.92. The first-order valence-corrected chi connectivity index (χ1v) is 11.4. The number of aliphatic carboxylic acids is 1. The zero-order valence-corrected chi connectivity index (χ0v) is 19.4. The van der Waals surface area contributed by atoms with Crippen LogP contribution in [0.5, 0.6) is 5.88 Å². The number of H-pyrrole nitrogens is 1. The highest BCUT2D eigenvalue weighted by Crippen LogP contribution is 2.32. The molecule has 0 saturated heterocycles. The number of fused-ring (bicyclic) bond motifs is 1. The Bertz CT molecular complexity index is 1600. The lowest BCUT2D eigenvalue weighted by Gasteiger charge is -2.10. The second-order valence-electron chi connectivity index (χ2n) is 8.50. The number of hydrogen-bond donors (Lipinski definition) is 3. The van der Waals surface area contributed by atoms with Gasteiger partial charge in [-0.1, -0.05) is 18.2 Å². The number of imidazole rings is 1. The third kappa shape index (κ3) is 4.61. The second kappa shape index (κ2) is 9.50. The third-order valence-electron chi connectivity index (χ3n) is 5.99. The molecule has 180 valence electrons. The van der Waals surface area contributed by atoms with Crippen LogP contribution >= 0.6 is 0 Å². The molecule has 0 fully saturated rings. The molecule has 8 heteroatoms. The van der Waals surface area contributed by atoms with Crippen molar-refractivity contribution in [1.29, 1.82) is 0 Å². The number of aromatic hydroxyl groups is 1. The standard InChI is InChI=1S/C28H23FN4O3/c1-33-14-13-30-27(33)18-6-9-21(10-7-18)31-26(19-4-2-3-17(15-19)5-12-24(34)35)25-22-11-8-20(29)16-23(22)32-28(25)36/h2-4,6-11,13-16,32,36H,5,12H2,1H3,(H,34,35). The van der Waals surface area contributed by atoms with Crippen molar-refractivity contribution < 1.29 is 19.4 Å². The Morgan fingerprint density at radius 1 is 1.11 bits per heavy atom. The van der Waals surface area contributed by atoms with Gasteiger partial charge in [0, 0.05) is 42.4 Å². The number of benzene rings is 3. The number of aliphatic imine (C=N–C) groups is 1. The number of nitrogens with zero attached hydrogens (tertiary/aromatic N) is 3. The van der Waals surface area contributed by atoms with Crippen LogP contribution in [0.1, 0.15) is 23.1 Å². The van der Waals surface area contributed by atoms with Gasteiger partial charge in [-0.05, 0) is 60.5 Å². The molecule has 5 aromatic rings. The van der Waals surface area contributed by atoms with E-state index in [2.05, 4.69) is 9.97 Å². The number of hydrogen-bond acceptors (Lipinski definition) is 4. The minimum absolute atomic E-state index is 0.00218. The number of halogens is 1. The quantitative estimate of drug-likeness (QED) is 0.263. The number of aryl methyl sites for hydroxylation is 2. The average molecular weight is 483 g/mol. The summed E-state index contributed by atoms with van der Waals surface area (Å²) in [5, 5.41) is 20.5. The average Bonchev–Trinajstić information content (AvgIpc) is 3.43. The maximum absolute atomic E-state index is 13.8. The van der Waals surface area contributed by atoms with E-state index in [1.54, 1.807) is 12.3 Å². The van der Waals surface area contributed by atoms with Gasteiger partial charge in [-0.15, -0.1) is 0 Å². The molecule has 3 N–H and O–H groups in total. The molecule has 0 unspecified atom stereocenters. The summed E-state index contributed by atoms with van der Waals surface area (Å²) >= 11 is 0. The third-order valence-corrected chi connectivity index (χ3v) is 5.99. The lowest BCUT2D eigenvalue weighted by Crippen LogP contribution is -2.05. The fraction of sp³-hybridized carbons (Fsp3) is 0.107. The van der Waals surface area contributed by atoms with E-state index in [1.807, 2.05) is 66.3 Å². The molecule has 7 nitrogen and oxygen atoms in total. The second-order valence-corrected chi connectivity index (χ2v) is 8.50. The van der Waals surface area contributed by atoms with Gasteiger partial charge >= 0.3 is 5.97 Å². The lowest BCUT2D eigenvalue weighted by molar-refractivity contribution is -0.136. The summed E-state index contributed by atoms with van der Waals surface area (Å²) in [5.74, 6) is -0.601. The van der Waals surface area contributed by atoms with Crippen LogP contribution in [0.15, 0.2) is 84.1 Å². The monoisotopic (exact) mass is 482 g/mol. The topological polar surface area (TPSA) is 104 Å². The number of nitrogens with one attached hydrogen (secondary N) is 1. The molecule has 3 aromatic carbocycles. The summed E-state index contributed by atoms with van der Waals surface area (Å²) in [6.45, 7) is 0. The van der Waals surface area contributed by atoms with Gasteiger partial charge in [-0.3, -0.25) is 4.79 Å². The highest BCUT2D eigenvalue weighted by atomic mass is 19.1. The molecule has 0 bridgehead atoms. The van der Waals surface area contributed by atoms with Gasteiger partial charge in [0.1, 0.15) is 11.6 Å². The molecule has 0 aliphatic heterocycles. The fourth-order valence-electron chi connectivity index (χ4n) is 4.24. The first-order chi connectivity index (χ1) is 17.4. The number of aromatic amines is 1. The van der Waals surface area contributed by atoms with Crippen LogP contribution in [-0.2, 0) is 18.3 Å². The van der Waals surface area contributed by atoms with Crippen molar-refractivity contribution in [2.24, 2.45) is 12.0 Å². The Balaban J connectivity index is 1.64. The Labute approximate surface area is 206 Å². The predicted molar refractivity (Wildman–Crippen MR) is 136 cm³/mol. The SMILES string of the molecule is Cn1ccnc1-c1ccc(N=C(c2cccc(CCC(=O)O)c2)c2c(O)[nH]c3cc(F)ccc23)cc1. The van der Waals surface area contributed by atoms with E-state index in [0.717, 1.165) is 17.0 Å². The van der Waals surface area contributed by atoms with E-state index in [1.165, 1.54) is 12.1 Å². The zero-order valence-electron chi connectivity index (χ0n) is 19.4. The normalized spacial score (nSPS) is 11.8. The summed E-state index contributed by atoms with van der Waals surface area (Å²) < 4.78 is 15.8. The van der Waals surface area contributed by atoms with Gasteiger partial charge in [0.25, 0.3) is 0 Å². The van der Waals surface area contributed by atoms with Crippen molar-refractivity contribution in [2.45, 2.75) is 12.8 Å². The van der Waals surface area contributed by atoms with Gasteiger partial charge in [0.15, 0.2) is 5.88 Å². The van der Waals surface area contributed by atoms with E-state index in [-0.39, 0.29) is 12.3 Å². The van der Waals surface area contributed by atoms with Crippen molar-refractivity contribution in [1.82, 2.24) is 14.5 Å². The first kappa shape index (κ1) is 23.0. The number of carboxylic acids is 1. The van der Waals surface area contributed by atoms with Crippen molar-refractivity contribution in [2.75, 3.05) is 0 Å². The minimum Gasteiger partial charge on any atom is -0.494 e. The van der Waals surface area contributed by atoms with Crippen molar-refractivity contribution in [3.8, 4) is 17.3 Å². The molecule has 2 aromatic heterocycles. The van der Waals surface area contributed by atoms with E-state index in [0.29, 0.717) is 39.8 Å². The Kier molecular flexibility index (Phi) is 6.08. The maximum Gasteiger partial charge on any atom is 0.303 e. The Morgan fingerprint density at radius 3 is 2.64 bits per heavy atom. The number of rotatable bonds is 7. The molecule has 0 amide bonds. The van der Waals surface area contributed by atoms with Gasteiger partial charge in [-0.25, -0.2) is 14.4 Å². The van der Waals surface area contributed by atoms with Gasteiger partial charge < -0.3 is 19.8 Å². The molecule has 0 aliphatic carbocycles. The molecule has 36 heavy (non-hydrogen) atoms. The van der Waals surface area contributed by atoms with Crippen LogP contribution in [0.3, 0.4) is 0 Å². The molecule has 0 atom stereocenters. The van der Waals surface area contributed by atoms with Gasteiger partial charge in [-0.2, -0.15) is 0 Å². The molecule has 2 heterocycles. The van der Waals surface area contributed by atoms with Crippen molar-refractivity contribution in [3.05, 3.63) is 102 Å². The van der Waals surface area contributed by atoms with Crippen LogP contribution in [0, 0.1) is 5.82 Å². The Hall–Kier alpha value is -4.72. The molecule has 0 radical (unpaired) electrons. The zero-order chi connectivity index (χ0) is 25.2. The summed E-state index contributed by atoms with van der Waals surface area (Å²) in [6, 6.07) is 19.2. The van der Waals surface area contributed by atoms with E-state index < -0.39 is 11.8 Å². The predicted octanol–water partition coefficient (Wildman–Crippen LogP) is 5.60. The smallest absolute Gasteiger partial charge is 0.303 e. The van der Waals surface area contributed by atoms with Gasteiger partial charge in [0.05, 0.1) is 22.5 Å². The van der Waals surface area contributed by atoms with Crippen LogP contribution in [0.2, 0.25) is 0 Å². The molecule has 0 spiro atoms. The first-order valence-electron chi connectivity index (χ1n) is 11.4. The summed E-state index contributed by atoms with van der Waals surface area (Å²) in [4.78, 5) is 23.2. The van der Waals surface area contributed by atoms with Crippen LogP contribution in [0.25, 0.3) is 22.3 Å². The van der Waals surface area contributed by atoms with Crippen LogP contribution < -0.4 is 0 Å². The Morgan fingerprint density at radius 2 is 1.92 bits per heavy atom. The molecule has 5 rings (SSSR count). The summed E-state index contributed by atoms with van der Waals surface area (Å²) in [6.07, 6.45) is 3.97. The maximum atomic E-state index is 13.8. The molecule has 0 aliphatic rings.